The molecule has 5 N–H and O–H groups in total. The van der Waals surface area contributed by atoms with Gasteiger partial charge in [-0.1, -0.05) is 76.2 Å². The molecule has 52 heavy (non-hydrogen) atoms. The summed E-state index contributed by atoms with van der Waals surface area (Å²) in [4.78, 5) is 40.4. The van der Waals surface area contributed by atoms with Gasteiger partial charge in [-0.3, -0.25) is 9.59 Å². The number of amides is 2. The number of rotatable bonds is 6. The molecule has 3 aromatic heterocycles. The number of ether oxygens (including phenoxy) is 1. The standard InChI is InChI=1S/C40H38N6O6/c1-19(2)31-38-46-32(37-42-18-30(50-37)23-17-41-26-11-7-5-9-22(23)26)34(52-38)40-24-10-6-8-12-27(24)44-39(40)51-29-14-13-21(15-25(29)40)16-28(35(48)45-31)43-36(49)33(47)20(3)4/h5-15,17-20,28,31,33,39,41,44,47H,16H2,1-4H3,(H,43,49)(H,45,48)/t28-,31-,33-,39?,40?/m0/s1. The quantitative estimate of drug-likeness (QED) is 0.144. The Balaban J connectivity index is 1.26. The van der Waals surface area contributed by atoms with Crippen LogP contribution in [0.4, 0.5) is 5.69 Å². The molecule has 0 radical (unpaired) electrons. The van der Waals surface area contributed by atoms with Crippen LogP contribution in [0.15, 0.2) is 88.0 Å². The largest absolute Gasteiger partial charge is 0.469 e. The molecule has 3 aliphatic heterocycles. The first-order chi connectivity index (χ1) is 25.1. The lowest BCUT2D eigenvalue weighted by Crippen LogP contribution is -2.52. The average molecular weight is 699 g/mol. The molecule has 2 unspecified atom stereocenters. The van der Waals surface area contributed by atoms with Gasteiger partial charge in [0.05, 0.1) is 6.20 Å². The van der Waals surface area contributed by atoms with Crippen molar-refractivity contribution in [1.82, 2.24) is 25.6 Å². The molecule has 6 aromatic rings. The number of nitrogens with zero attached hydrogens (tertiary/aromatic N) is 2. The van der Waals surface area contributed by atoms with E-state index in [4.69, 9.17) is 23.5 Å². The molecule has 12 nitrogen and oxygen atoms in total. The second kappa shape index (κ2) is 11.8. The molecule has 12 heteroatoms. The van der Waals surface area contributed by atoms with Gasteiger partial charge < -0.3 is 39.6 Å². The first-order valence-electron chi connectivity index (χ1n) is 17.6. The second-order valence-corrected chi connectivity index (χ2v) is 14.5. The first-order valence-corrected chi connectivity index (χ1v) is 17.6. The summed E-state index contributed by atoms with van der Waals surface area (Å²) < 4.78 is 20.2. The number of oxazole rings is 2. The van der Waals surface area contributed by atoms with Crippen LogP contribution in [0.25, 0.3) is 33.8 Å². The Morgan fingerprint density at radius 1 is 1.00 bits per heavy atom. The Morgan fingerprint density at radius 2 is 1.81 bits per heavy atom. The number of hydrogen-bond donors (Lipinski definition) is 5. The Labute approximate surface area is 299 Å². The highest BCUT2D eigenvalue weighted by Crippen LogP contribution is 2.59. The highest BCUT2D eigenvalue weighted by Gasteiger charge is 2.61. The summed E-state index contributed by atoms with van der Waals surface area (Å²) in [5, 5.41) is 21.1. The van der Waals surface area contributed by atoms with Crippen molar-refractivity contribution in [3.05, 3.63) is 107 Å². The second-order valence-electron chi connectivity index (χ2n) is 14.5. The van der Waals surface area contributed by atoms with Crippen LogP contribution < -0.4 is 20.7 Å². The number of carbonyl (C=O) groups excluding carboxylic acids is 2. The van der Waals surface area contributed by atoms with E-state index in [1.807, 2.05) is 80.7 Å². The lowest BCUT2D eigenvalue weighted by molar-refractivity contribution is -0.135. The van der Waals surface area contributed by atoms with Crippen LogP contribution in [-0.4, -0.2) is 50.2 Å². The average Bonchev–Trinajstić information content (AvgIpc) is 3.96. The number of aliphatic hydroxyl groups excluding tert-OH is 1. The van der Waals surface area contributed by atoms with Crippen LogP contribution in [0, 0.1) is 11.8 Å². The smallest absolute Gasteiger partial charge is 0.249 e. The summed E-state index contributed by atoms with van der Waals surface area (Å²) in [5.74, 6) is 0.625. The number of carbonyl (C=O) groups is 2. The molecule has 6 heterocycles. The van der Waals surface area contributed by atoms with Gasteiger partial charge in [-0.25, -0.2) is 9.97 Å². The van der Waals surface area contributed by atoms with Crippen molar-refractivity contribution in [1.29, 1.82) is 0 Å². The Hall–Kier alpha value is -5.88. The van der Waals surface area contributed by atoms with Crippen molar-refractivity contribution < 1.29 is 28.3 Å². The maximum Gasteiger partial charge on any atom is 0.249 e. The highest BCUT2D eigenvalue weighted by atomic mass is 16.5. The molecule has 0 saturated heterocycles. The van der Waals surface area contributed by atoms with Gasteiger partial charge in [0, 0.05) is 40.3 Å². The molecule has 5 atom stereocenters. The SMILES string of the molecule is CC(C)[C@H](O)C(=O)N[C@H]1Cc2ccc3c(c2)C2(c4ccccc4NC2O3)c2oc(nc2-c2ncc(-c3c[nH]c4ccccc34)o2)[C@H](C(C)C)NC1=O. The lowest BCUT2D eigenvalue weighted by atomic mass is 9.72. The Morgan fingerprint density at radius 3 is 2.63 bits per heavy atom. The zero-order chi connectivity index (χ0) is 35.9. The first kappa shape index (κ1) is 32.1. The van der Waals surface area contributed by atoms with Crippen molar-refractivity contribution in [2.75, 3.05) is 5.32 Å². The number of para-hydroxylation sites is 2. The molecule has 4 bridgehead atoms. The van der Waals surface area contributed by atoms with Gasteiger partial charge in [-0.2, -0.15) is 0 Å². The van der Waals surface area contributed by atoms with E-state index in [0.717, 1.165) is 38.8 Å². The minimum absolute atomic E-state index is 0.170. The molecule has 9 rings (SSSR count). The normalized spacial score (nSPS) is 22.2. The monoisotopic (exact) mass is 698 g/mol. The fourth-order valence-corrected chi connectivity index (χ4v) is 7.79. The van der Waals surface area contributed by atoms with Crippen molar-refractivity contribution in [3.63, 3.8) is 0 Å². The van der Waals surface area contributed by atoms with Crippen LogP contribution in [0.5, 0.6) is 5.75 Å². The van der Waals surface area contributed by atoms with Crippen LogP contribution >= 0.6 is 0 Å². The van der Waals surface area contributed by atoms with Gasteiger partial charge in [-0.15, -0.1) is 0 Å². The fourth-order valence-electron chi connectivity index (χ4n) is 7.79. The molecule has 2 amide bonds. The minimum atomic E-state index is -1.28. The maximum absolute atomic E-state index is 14.1. The Bertz CT molecular complexity index is 2370. The molecule has 0 saturated carbocycles. The third-order valence-electron chi connectivity index (χ3n) is 10.5. The van der Waals surface area contributed by atoms with Crippen molar-refractivity contribution in [2.24, 2.45) is 11.8 Å². The number of aliphatic hydroxyl groups is 1. The van der Waals surface area contributed by atoms with Crippen molar-refractivity contribution in [2.45, 2.75) is 63.9 Å². The number of aromatic amines is 1. The third-order valence-corrected chi connectivity index (χ3v) is 10.5. The van der Waals surface area contributed by atoms with Crippen LogP contribution in [0.3, 0.4) is 0 Å². The van der Waals surface area contributed by atoms with Crippen molar-refractivity contribution >= 4 is 28.4 Å². The van der Waals surface area contributed by atoms with Gasteiger partial charge in [0.2, 0.25) is 23.6 Å². The summed E-state index contributed by atoms with van der Waals surface area (Å²) in [6.07, 6.45) is 1.87. The van der Waals surface area contributed by atoms with E-state index >= 15 is 0 Å². The summed E-state index contributed by atoms with van der Waals surface area (Å²) in [6, 6.07) is 20.1. The zero-order valence-electron chi connectivity index (χ0n) is 29.1. The number of fused-ring (bicyclic) bond motifs is 5. The van der Waals surface area contributed by atoms with E-state index in [9.17, 15) is 14.7 Å². The maximum atomic E-state index is 14.1. The number of benzene rings is 3. The lowest BCUT2D eigenvalue weighted by Gasteiger charge is -2.29. The zero-order valence-corrected chi connectivity index (χ0v) is 29.1. The van der Waals surface area contributed by atoms with E-state index in [2.05, 4.69) is 27.0 Å². The van der Waals surface area contributed by atoms with Gasteiger partial charge in [0.1, 0.15) is 29.4 Å². The van der Waals surface area contributed by atoms with Gasteiger partial charge in [0.25, 0.3) is 0 Å². The van der Waals surface area contributed by atoms with E-state index in [-0.39, 0.29) is 30.0 Å². The van der Waals surface area contributed by atoms with E-state index in [1.165, 1.54) is 0 Å². The van der Waals surface area contributed by atoms with Crippen molar-refractivity contribution in [3.8, 4) is 28.7 Å². The minimum Gasteiger partial charge on any atom is -0.469 e. The number of H-pyrrole nitrogens is 1. The van der Waals surface area contributed by atoms with Gasteiger partial charge in [-0.05, 0) is 41.2 Å². The van der Waals surface area contributed by atoms with E-state index in [1.54, 1.807) is 20.0 Å². The third kappa shape index (κ3) is 4.77. The number of hydrogen-bond acceptors (Lipinski definition) is 9. The van der Waals surface area contributed by atoms with E-state index in [0.29, 0.717) is 23.0 Å². The topological polar surface area (TPSA) is 168 Å². The summed E-state index contributed by atoms with van der Waals surface area (Å²) in [6.45, 7) is 7.42. The van der Waals surface area contributed by atoms with Crippen LogP contribution in [0.1, 0.15) is 62.1 Å². The Kier molecular flexibility index (Phi) is 7.30. The molecule has 0 aliphatic carbocycles. The predicted molar refractivity (Wildman–Crippen MR) is 192 cm³/mol. The van der Waals surface area contributed by atoms with Crippen LogP contribution in [0.2, 0.25) is 0 Å². The number of aromatic nitrogens is 3. The molecule has 3 aromatic carbocycles. The summed E-state index contributed by atoms with van der Waals surface area (Å²) in [7, 11) is 0. The van der Waals surface area contributed by atoms with Gasteiger partial charge in [0.15, 0.2) is 23.4 Å². The number of nitrogens with one attached hydrogen (secondary N) is 4. The molecule has 3 aliphatic rings. The molecule has 264 valence electrons. The predicted octanol–water partition coefficient (Wildman–Crippen LogP) is 5.83. The molecule has 1 spiro atoms. The van der Waals surface area contributed by atoms with Gasteiger partial charge >= 0.3 is 0 Å². The molecular weight excluding hydrogens is 660 g/mol. The van der Waals surface area contributed by atoms with E-state index < -0.39 is 41.6 Å². The fraction of sp³-hybridized carbons (Fsp3) is 0.300. The molecule has 0 fully saturated rings. The molecular formula is C40H38N6O6. The number of anilines is 1. The highest BCUT2D eigenvalue weighted by molar-refractivity contribution is 5.94. The summed E-state index contributed by atoms with van der Waals surface area (Å²) >= 11 is 0. The van der Waals surface area contributed by atoms with Crippen LogP contribution in [-0.2, 0) is 21.4 Å². The summed E-state index contributed by atoms with van der Waals surface area (Å²) in [5.41, 5.74) is 4.59.